The van der Waals surface area contributed by atoms with Crippen LogP contribution in [0.1, 0.15) is 73.3 Å². The van der Waals surface area contributed by atoms with E-state index in [9.17, 15) is 14.7 Å². The van der Waals surface area contributed by atoms with Gasteiger partial charge in [0.25, 0.3) is 0 Å². The number of nitrogens with zero attached hydrogens (tertiary/aromatic N) is 2. The van der Waals surface area contributed by atoms with Crippen LogP contribution in [0.15, 0.2) is 72.4 Å². The van der Waals surface area contributed by atoms with Gasteiger partial charge in [-0.05, 0) is 40.5 Å². The zero-order valence-corrected chi connectivity index (χ0v) is 23.4. The number of aliphatic carboxylic acids is 1. The SMILES string of the molecule is CC(C)c1cc(C(=O)C[C@@H](Cc2ccc(-c3ncc(-c4ccc(C(C)(C)C)cc4)cn3)cc2)C(=O)O)cs1. The highest BCUT2D eigenvalue weighted by molar-refractivity contribution is 7.10. The van der Waals surface area contributed by atoms with E-state index >= 15 is 0 Å². The number of Topliss-reactive ketones (excluding diaryl/α,β-unsaturated/α-hetero) is 1. The molecule has 0 fully saturated rings. The molecule has 0 unspecified atom stereocenters. The minimum atomic E-state index is -0.962. The molecule has 2 aromatic carbocycles. The first-order chi connectivity index (χ1) is 18.0. The average Bonchev–Trinajstić information content (AvgIpc) is 3.40. The van der Waals surface area contributed by atoms with Crippen LogP contribution < -0.4 is 0 Å². The summed E-state index contributed by atoms with van der Waals surface area (Å²) in [6.07, 6.45) is 3.91. The first-order valence-electron chi connectivity index (χ1n) is 12.9. The molecule has 0 aliphatic rings. The third-order valence-corrected chi connectivity index (χ3v) is 7.96. The molecule has 196 valence electrons. The number of hydrogen-bond donors (Lipinski definition) is 1. The lowest BCUT2D eigenvalue weighted by molar-refractivity contribution is -0.141. The molecular weight excluding hydrogens is 492 g/mol. The Kier molecular flexibility index (Phi) is 8.22. The van der Waals surface area contributed by atoms with Crippen molar-refractivity contribution in [1.29, 1.82) is 0 Å². The summed E-state index contributed by atoms with van der Waals surface area (Å²) in [7, 11) is 0. The van der Waals surface area contributed by atoms with Crippen molar-refractivity contribution in [2.24, 2.45) is 5.92 Å². The van der Waals surface area contributed by atoms with Crippen LogP contribution in [0.3, 0.4) is 0 Å². The van der Waals surface area contributed by atoms with Crippen LogP contribution in [-0.4, -0.2) is 26.8 Å². The molecule has 0 saturated carbocycles. The number of carbonyl (C=O) groups is 2. The summed E-state index contributed by atoms with van der Waals surface area (Å²) in [4.78, 5) is 34.9. The van der Waals surface area contributed by atoms with E-state index in [1.807, 2.05) is 48.1 Å². The van der Waals surface area contributed by atoms with Crippen molar-refractivity contribution >= 4 is 23.1 Å². The minimum Gasteiger partial charge on any atom is -0.481 e. The number of benzene rings is 2. The maximum absolute atomic E-state index is 12.7. The van der Waals surface area contributed by atoms with E-state index in [-0.39, 0.29) is 24.0 Å². The molecule has 6 heteroatoms. The standard InChI is InChI=1S/C32H34N2O3S/c1-20(2)29-16-25(19-38-29)28(35)15-24(31(36)37)14-21-6-8-23(9-7-21)30-33-17-26(18-34-30)22-10-12-27(13-11-22)32(3,4)5/h6-13,16-20,24H,14-15H2,1-5H3,(H,36,37)/t24-/m1/s1. The zero-order chi connectivity index (χ0) is 27.4. The Balaban J connectivity index is 1.42. The van der Waals surface area contributed by atoms with E-state index in [1.54, 1.807) is 11.3 Å². The zero-order valence-electron chi connectivity index (χ0n) is 22.6. The van der Waals surface area contributed by atoms with E-state index in [1.165, 1.54) is 5.56 Å². The summed E-state index contributed by atoms with van der Waals surface area (Å²) in [6, 6.07) is 17.9. The fraction of sp³-hybridized carbons (Fsp3) is 0.312. The Morgan fingerprint density at radius 1 is 0.895 bits per heavy atom. The van der Waals surface area contributed by atoms with E-state index in [0.717, 1.165) is 27.1 Å². The monoisotopic (exact) mass is 526 g/mol. The minimum absolute atomic E-state index is 0.0212. The van der Waals surface area contributed by atoms with Crippen molar-refractivity contribution in [3.63, 3.8) is 0 Å². The molecule has 0 radical (unpaired) electrons. The smallest absolute Gasteiger partial charge is 0.307 e. The van der Waals surface area contributed by atoms with Gasteiger partial charge in [-0.1, -0.05) is 83.1 Å². The molecule has 2 heterocycles. The summed E-state index contributed by atoms with van der Waals surface area (Å²) in [5.41, 5.74) is 5.71. The van der Waals surface area contributed by atoms with Gasteiger partial charge in [0.05, 0.1) is 5.92 Å². The Bertz CT molecular complexity index is 1400. The Hall–Kier alpha value is -3.64. The topological polar surface area (TPSA) is 80.2 Å². The van der Waals surface area contributed by atoms with Crippen LogP contribution in [0.25, 0.3) is 22.5 Å². The summed E-state index contributed by atoms with van der Waals surface area (Å²) in [5, 5.41) is 11.6. The highest BCUT2D eigenvalue weighted by Gasteiger charge is 2.23. The van der Waals surface area contributed by atoms with Crippen molar-refractivity contribution in [3.05, 3.63) is 93.9 Å². The van der Waals surface area contributed by atoms with Crippen LogP contribution in [0.2, 0.25) is 0 Å². The second-order valence-electron chi connectivity index (χ2n) is 11.1. The summed E-state index contributed by atoms with van der Waals surface area (Å²) in [6.45, 7) is 10.7. The maximum Gasteiger partial charge on any atom is 0.307 e. The number of carboxylic acid groups (broad SMARTS) is 1. The van der Waals surface area contributed by atoms with Crippen LogP contribution in [0.4, 0.5) is 0 Å². The average molecular weight is 527 g/mol. The number of carboxylic acids is 1. The fourth-order valence-corrected chi connectivity index (χ4v) is 5.18. The van der Waals surface area contributed by atoms with Gasteiger partial charge in [-0.15, -0.1) is 11.3 Å². The summed E-state index contributed by atoms with van der Waals surface area (Å²) >= 11 is 1.55. The lowest BCUT2D eigenvalue weighted by Gasteiger charge is -2.19. The van der Waals surface area contributed by atoms with E-state index in [0.29, 0.717) is 17.3 Å². The maximum atomic E-state index is 12.7. The third kappa shape index (κ3) is 6.62. The molecule has 0 amide bonds. The van der Waals surface area contributed by atoms with E-state index in [2.05, 4.69) is 68.9 Å². The van der Waals surface area contributed by atoms with Crippen molar-refractivity contribution < 1.29 is 14.7 Å². The van der Waals surface area contributed by atoms with Crippen LogP contribution in [-0.2, 0) is 16.6 Å². The van der Waals surface area contributed by atoms with Gasteiger partial charge in [-0.3, -0.25) is 9.59 Å². The van der Waals surface area contributed by atoms with Gasteiger partial charge in [0.1, 0.15) is 0 Å². The van der Waals surface area contributed by atoms with Gasteiger partial charge >= 0.3 is 5.97 Å². The van der Waals surface area contributed by atoms with Gasteiger partial charge in [0.2, 0.25) is 0 Å². The number of aromatic nitrogens is 2. The predicted octanol–water partition coefficient (Wildman–Crippen LogP) is 7.81. The first-order valence-corrected chi connectivity index (χ1v) is 13.8. The lowest BCUT2D eigenvalue weighted by Crippen LogP contribution is -2.20. The number of hydrogen-bond acceptors (Lipinski definition) is 5. The van der Waals surface area contributed by atoms with Crippen molar-refractivity contribution in [2.75, 3.05) is 0 Å². The molecular formula is C32H34N2O3S. The molecule has 0 aliphatic carbocycles. The molecule has 4 aromatic rings. The highest BCUT2D eigenvalue weighted by Crippen LogP contribution is 2.28. The Morgan fingerprint density at radius 2 is 1.50 bits per heavy atom. The van der Waals surface area contributed by atoms with E-state index in [4.69, 9.17) is 0 Å². The number of ketones is 1. The first kappa shape index (κ1) is 27.4. The molecule has 1 atom stereocenters. The number of rotatable bonds is 9. The molecule has 0 bridgehead atoms. The molecule has 1 N–H and O–H groups in total. The van der Waals surface area contributed by atoms with Gasteiger partial charge in [-0.2, -0.15) is 0 Å². The molecule has 5 nitrogen and oxygen atoms in total. The molecule has 0 aliphatic heterocycles. The second-order valence-corrected chi connectivity index (χ2v) is 12.0. The van der Waals surface area contributed by atoms with Crippen molar-refractivity contribution in [1.82, 2.24) is 9.97 Å². The summed E-state index contributed by atoms with van der Waals surface area (Å²) < 4.78 is 0. The van der Waals surface area contributed by atoms with Crippen LogP contribution in [0, 0.1) is 5.92 Å². The predicted molar refractivity (Wildman–Crippen MR) is 154 cm³/mol. The highest BCUT2D eigenvalue weighted by atomic mass is 32.1. The molecule has 38 heavy (non-hydrogen) atoms. The van der Waals surface area contributed by atoms with Gasteiger partial charge in [0.15, 0.2) is 11.6 Å². The molecule has 2 aromatic heterocycles. The normalized spacial score (nSPS) is 12.5. The molecule has 4 rings (SSSR count). The van der Waals surface area contributed by atoms with Crippen molar-refractivity contribution in [2.45, 2.75) is 58.8 Å². The largest absolute Gasteiger partial charge is 0.481 e. The number of carbonyl (C=O) groups excluding carboxylic acids is 1. The summed E-state index contributed by atoms with van der Waals surface area (Å²) in [5.74, 6) is -0.920. The van der Waals surface area contributed by atoms with E-state index < -0.39 is 11.9 Å². The molecule has 0 saturated heterocycles. The molecule has 0 spiro atoms. The van der Waals surface area contributed by atoms with Gasteiger partial charge < -0.3 is 5.11 Å². The van der Waals surface area contributed by atoms with Crippen LogP contribution in [0.5, 0.6) is 0 Å². The second kappa shape index (κ2) is 11.4. The Morgan fingerprint density at radius 3 is 2.03 bits per heavy atom. The van der Waals surface area contributed by atoms with Crippen LogP contribution >= 0.6 is 11.3 Å². The fourth-order valence-electron chi connectivity index (χ4n) is 4.25. The quantitative estimate of drug-likeness (QED) is 0.225. The Labute approximate surface area is 228 Å². The van der Waals surface area contributed by atoms with Gasteiger partial charge in [-0.25, -0.2) is 9.97 Å². The third-order valence-electron chi connectivity index (χ3n) is 6.72. The van der Waals surface area contributed by atoms with Crippen molar-refractivity contribution in [3.8, 4) is 22.5 Å². The lowest BCUT2D eigenvalue weighted by atomic mass is 9.86. The number of thiophene rings is 1. The van der Waals surface area contributed by atoms with Gasteiger partial charge in [0, 0.05) is 45.8 Å².